The predicted molar refractivity (Wildman–Crippen MR) is 75.0 cm³/mol. The Morgan fingerprint density at radius 2 is 2.30 bits per heavy atom. The molecule has 1 aromatic rings. The third-order valence-corrected chi connectivity index (χ3v) is 4.10. The van der Waals surface area contributed by atoms with Crippen molar-refractivity contribution < 1.29 is 18.7 Å². The summed E-state index contributed by atoms with van der Waals surface area (Å²) < 4.78 is 18.3. The molecule has 1 heterocycles. The van der Waals surface area contributed by atoms with Crippen LogP contribution < -0.4 is 4.74 Å². The first-order valence-corrected chi connectivity index (χ1v) is 7.15. The van der Waals surface area contributed by atoms with E-state index in [2.05, 4.69) is 0 Å². The van der Waals surface area contributed by atoms with Crippen molar-refractivity contribution in [3.63, 3.8) is 0 Å². The fourth-order valence-corrected chi connectivity index (χ4v) is 3.21. The standard InChI is InChI=1S/C14H16FNO3S/c1-9(17)20-12-6-14(18)16(8-12)7-10-3-4-11(15)5-13(10)19-2/h3-5,12H,6-8H2,1-2H3. The lowest BCUT2D eigenvalue weighted by Gasteiger charge is -2.18. The van der Waals surface area contributed by atoms with Crippen LogP contribution in [0.3, 0.4) is 0 Å². The molecule has 108 valence electrons. The molecule has 0 radical (unpaired) electrons. The quantitative estimate of drug-likeness (QED) is 0.855. The summed E-state index contributed by atoms with van der Waals surface area (Å²) in [7, 11) is 1.47. The van der Waals surface area contributed by atoms with E-state index in [1.54, 1.807) is 11.0 Å². The normalized spacial score (nSPS) is 18.4. The van der Waals surface area contributed by atoms with Gasteiger partial charge in [-0.25, -0.2) is 4.39 Å². The molecule has 0 saturated carbocycles. The predicted octanol–water partition coefficient (Wildman–Crippen LogP) is 2.21. The molecule has 0 aromatic heterocycles. The number of carbonyl (C=O) groups is 2. The zero-order valence-corrected chi connectivity index (χ0v) is 12.2. The summed E-state index contributed by atoms with van der Waals surface area (Å²) in [6.07, 6.45) is 0.369. The molecule has 1 unspecified atom stereocenters. The molecule has 2 rings (SSSR count). The van der Waals surface area contributed by atoms with E-state index >= 15 is 0 Å². The van der Waals surface area contributed by atoms with Gasteiger partial charge in [-0.05, 0) is 6.07 Å². The lowest BCUT2D eigenvalue weighted by atomic mass is 10.2. The Morgan fingerprint density at radius 1 is 1.55 bits per heavy atom. The maximum absolute atomic E-state index is 13.1. The van der Waals surface area contributed by atoms with E-state index in [0.29, 0.717) is 25.3 Å². The average molecular weight is 297 g/mol. The Labute approximate surface area is 121 Å². The number of rotatable bonds is 4. The largest absolute Gasteiger partial charge is 0.496 e. The van der Waals surface area contributed by atoms with Crippen molar-refractivity contribution >= 4 is 22.8 Å². The van der Waals surface area contributed by atoms with Crippen LogP contribution in [0.25, 0.3) is 0 Å². The number of amides is 1. The highest BCUT2D eigenvalue weighted by atomic mass is 32.2. The number of halogens is 1. The number of carbonyl (C=O) groups excluding carboxylic acids is 2. The third-order valence-electron chi connectivity index (χ3n) is 3.12. The topological polar surface area (TPSA) is 46.6 Å². The number of ether oxygens (including phenoxy) is 1. The molecule has 1 aliphatic rings. The molecule has 1 saturated heterocycles. The fourth-order valence-electron chi connectivity index (χ4n) is 2.26. The Kier molecular flexibility index (Phi) is 4.65. The molecule has 0 aliphatic carbocycles. The van der Waals surface area contributed by atoms with Gasteiger partial charge in [-0.1, -0.05) is 17.8 Å². The first-order chi connectivity index (χ1) is 9.49. The summed E-state index contributed by atoms with van der Waals surface area (Å²) in [5.41, 5.74) is 0.760. The van der Waals surface area contributed by atoms with E-state index in [1.807, 2.05) is 0 Å². The van der Waals surface area contributed by atoms with Crippen molar-refractivity contribution in [2.75, 3.05) is 13.7 Å². The van der Waals surface area contributed by atoms with Crippen molar-refractivity contribution in [2.24, 2.45) is 0 Å². The number of likely N-dealkylation sites (tertiary alicyclic amines) is 1. The van der Waals surface area contributed by atoms with E-state index in [-0.39, 0.29) is 22.1 Å². The second-order valence-corrected chi connectivity index (χ2v) is 6.14. The van der Waals surface area contributed by atoms with Crippen LogP contribution in [-0.4, -0.2) is 34.8 Å². The third kappa shape index (κ3) is 3.50. The minimum absolute atomic E-state index is 0.00597. The van der Waals surface area contributed by atoms with E-state index in [0.717, 1.165) is 5.56 Å². The lowest BCUT2D eigenvalue weighted by Crippen LogP contribution is -2.25. The molecule has 1 atom stereocenters. The maximum Gasteiger partial charge on any atom is 0.224 e. The first-order valence-electron chi connectivity index (χ1n) is 6.27. The number of hydrogen-bond donors (Lipinski definition) is 0. The molecular weight excluding hydrogens is 281 g/mol. The van der Waals surface area contributed by atoms with Crippen LogP contribution in [0.15, 0.2) is 18.2 Å². The van der Waals surface area contributed by atoms with E-state index < -0.39 is 0 Å². The molecule has 1 amide bonds. The summed E-state index contributed by atoms with van der Waals surface area (Å²) in [5.74, 6) is 0.0685. The van der Waals surface area contributed by atoms with Gasteiger partial charge in [0.25, 0.3) is 0 Å². The van der Waals surface area contributed by atoms with Gasteiger partial charge in [0.1, 0.15) is 11.6 Å². The maximum atomic E-state index is 13.1. The molecule has 1 aromatic carbocycles. The zero-order valence-electron chi connectivity index (χ0n) is 11.4. The minimum atomic E-state index is -0.372. The van der Waals surface area contributed by atoms with Gasteiger partial charge < -0.3 is 9.64 Å². The Bertz CT molecular complexity index is 535. The number of methoxy groups -OCH3 is 1. The Balaban J connectivity index is 2.07. The SMILES string of the molecule is COc1cc(F)ccc1CN1CC(SC(C)=O)CC1=O. The zero-order chi connectivity index (χ0) is 14.7. The summed E-state index contributed by atoms with van der Waals surface area (Å²) in [4.78, 5) is 24.7. The second-order valence-electron chi connectivity index (χ2n) is 4.67. The fraction of sp³-hybridized carbons (Fsp3) is 0.429. The van der Waals surface area contributed by atoms with Crippen molar-refractivity contribution in [1.29, 1.82) is 0 Å². The van der Waals surface area contributed by atoms with Crippen LogP contribution in [0.2, 0.25) is 0 Å². The van der Waals surface area contributed by atoms with Crippen LogP contribution in [0, 0.1) is 5.82 Å². The highest BCUT2D eigenvalue weighted by Gasteiger charge is 2.31. The van der Waals surface area contributed by atoms with Gasteiger partial charge in [-0.2, -0.15) is 0 Å². The highest BCUT2D eigenvalue weighted by Crippen LogP contribution is 2.28. The average Bonchev–Trinajstić information content (AvgIpc) is 2.70. The molecule has 1 fully saturated rings. The molecule has 4 nitrogen and oxygen atoms in total. The van der Waals surface area contributed by atoms with E-state index in [1.165, 1.54) is 37.9 Å². The molecular formula is C14H16FNO3S. The summed E-state index contributed by atoms with van der Waals surface area (Å²) in [5, 5.41) is 0.0236. The number of benzene rings is 1. The van der Waals surface area contributed by atoms with Gasteiger partial charge in [0, 0.05) is 43.3 Å². The van der Waals surface area contributed by atoms with Gasteiger partial charge in [0.15, 0.2) is 5.12 Å². The monoisotopic (exact) mass is 297 g/mol. The Morgan fingerprint density at radius 3 is 2.95 bits per heavy atom. The second kappa shape index (κ2) is 6.26. The van der Waals surface area contributed by atoms with Crippen LogP contribution in [-0.2, 0) is 16.1 Å². The van der Waals surface area contributed by atoms with Crippen molar-refractivity contribution in [2.45, 2.75) is 25.1 Å². The molecule has 0 bridgehead atoms. The number of thioether (sulfide) groups is 1. The van der Waals surface area contributed by atoms with Crippen LogP contribution >= 0.6 is 11.8 Å². The molecule has 0 spiro atoms. The van der Waals surface area contributed by atoms with Crippen molar-refractivity contribution in [3.05, 3.63) is 29.6 Å². The lowest BCUT2D eigenvalue weighted by molar-refractivity contribution is -0.128. The van der Waals surface area contributed by atoms with Crippen LogP contribution in [0.5, 0.6) is 5.75 Å². The van der Waals surface area contributed by atoms with Crippen molar-refractivity contribution in [1.82, 2.24) is 4.90 Å². The van der Waals surface area contributed by atoms with Gasteiger partial charge in [-0.15, -0.1) is 0 Å². The number of nitrogens with zero attached hydrogens (tertiary/aromatic N) is 1. The van der Waals surface area contributed by atoms with Crippen LogP contribution in [0.4, 0.5) is 4.39 Å². The first kappa shape index (κ1) is 14.8. The van der Waals surface area contributed by atoms with Gasteiger partial charge in [0.05, 0.1) is 7.11 Å². The summed E-state index contributed by atoms with van der Waals surface area (Å²) in [6, 6.07) is 4.27. The highest BCUT2D eigenvalue weighted by molar-refractivity contribution is 8.14. The van der Waals surface area contributed by atoms with Crippen LogP contribution in [0.1, 0.15) is 18.9 Å². The van der Waals surface area contributed by atoms with Gasteiger partial charge >= 0.3 is 0 Å². The van der Waals surface area contributed by atoms with Crippen molar-refractivity contribution in [3.8, 4) is 5.75 Å². The van der Waals surface area contributed by atoms with Gasteiger partial charge in [0.2, 0.25) is 5.91 Å². The van der Waals surface area contributed by atoms with E-state index in [9.17, 15) is 14.0 Å². The number of hydrogen-bond acceptors (Lipinski definition) is 4. The Hall–Kier alpha value is -1.56. The minimum Gasteiger partial charge on any atom is -0.496 e. The molecule has 6 heteroatoms. The summed E-state index contributed by atoms with van der Waals surface area (Å²) >= 11 is 1.20. The van der Waals surface area contributed by atoms with E-state index in [4.69, 9.17) is 4.74 Å². The molecule has 1 aliphatic heterocycles. The molecule has 20 heavy (non-hydrogen) atoms. The summed E-state index contributed by atoms with van der Waals surface area (Å²) in [6.45, 7) is 2.40. The molecule has 0 N–H and O–H groups in total. The smallest absolute Gasteiger partial charge is 0.224 e. The van der Waals surface area contributed by atoms with Gasteiger partial charge in [-0.3, -0.25) is 9.59 Å².